The van der Waals surface area contributed by atoms with Gasteiger partial charge in [-0.3, -0.25) is 4.79 Å². The molecule has 0 radical (unpaired) electrons. The predicted octanol–water partition coefficient (Wildman–Crippen LogP) is 3.23. The Kier molecular flexibility index (Phi) is 5.16. The van der Waals surface area contributed by atoms with E-state index in [9.17, 15) is 4.79 Å². The minimum atomic E-state index is -0.0655. The Morgan fingerprint density at radius 1 is 1.17 bits per heavy atom. The molecule has 3 rings (SSSR count). The van der Waals surface area contributed by atoms with Gasteiger partial charge in [0.15, 0.2) is 0 Å². The van der Waals surface area contributed by atoms with Gasteiger partial charge in [0, 0.05) is 6.54 Å². The Morgan fingerprint density at radius 3 is 2.71 bits per heavy atom. The third kappa shape index (κ3) is 3.95. The van der Waals surface area contributed by atoms with Gasteiger partial charge in [-0.05, 0) is 30.2 Å². The van der Waals surface area contributed by atoms with Crippen LogP contribution < -0.4 is 4.74 Å². The van der Waals surface area contributed by atoms with E-state index in [1.54, 1.807) is 7.11 Å². The SMILES string of the molecule is COc1cccc(CC(=O)N2C[C@@H](C)O[C@@H](c3ccccc3)C2)c1. The van der Waals surface area contributed by atoms with Crippen molar-refractivity contribution in [3.05, 3.63) is 65.7 Å². The van der Waals surface area contributed by atoms with Crippen molar-refractivity contribution < 1.29 is 14.3 Å². The summed E-state index contributed by atoms with van der Waals surface area (Å²) < 4.78 is 11.3. The van der Waals surface area contributed by atoms with E-state index in [1.165, 1.54) is 0 Å². The summed E-state index contributed by atoms with van der Waals surface area (Å²) >= 11 is 0. The van der Waals surface area contributed by atoms with E-state index >= 15 is 0 Å². The molecule has 2 aromatic carbocycles. The highest BCUT2D eigenvalue weighted by Crippen LogP contribution is 2.25. The minimum absolute atomic E-state index is 0.0261. The molecule has 0 N–H and O–H groups in total. The van der Waals surface area contributed by atoms with Crippen LogP contribution in [0.2, 0.25) is 0 Å². The summed E-state index contributed by atoms with van der Waals surface area (Å²) in [5.41, 5.74) is 2.08. The quantitative estimate of drug-likeness (QED) is 0.866. The number of morpholine rings is 1. The lowest BCUT2D eigenvalue weighted by Gasteiger charge is -2.37. The van der Waals surface area contributed by atoms with Crippen LogP contribution in [0.4, 0.5) is 0 Å². The molecular formula is C20H23NO3. The average Bonchev–Trinajstić information content (AvgIpc) is 2.62. The van der Waals surface area contributed by atoms with Gasteiger partial charge < -0.3 is 14.4 Å². The first kappa shape index (κ1) is 16.5. The van der Waals surface area contributed by atoms with E-state index < -0.39 is 0 Å². The standard InChI is InChI=1S/C20H23NO3/c1-15-13-21(14-19(24-15)17-8-4-3-5-9-17)20(22)12-16-7-6-10-18(11-16)23-2/h3-11,15,19H,12-14H2,1-2H3/t15-,19-/m1/s1. The molecular weight excluding hydrogens is 302 g/mol. The van der Waals surface area contributed by atoms with Crippen molar-refractivity contribution in [3.63, 3.8) is 0 Å². The Hall–Kier alpha value is -2.33. The van der Waals surface area contributed by atoms with Crippen molar-refractivity contribution in [1.29, 1.82) is 0 Å². The van der Waals surface area contributed by atoms with Gasteiger partial charge in [0.1, 0.15) is 11.9 Å². The molecule has 0 saturated carbocycles. The zero-order valence-electron chi connectivity index (χ0n) is 14.1. The monoisotopic (exact) mass is 325 g/mol. The van der Waals surface area contributed by atoms with E-state index in [-0.39, 0.29) is 18.1 Å². The van der Waals surface area contributed by atoms with Crippen LogP contribution in [0.1, 0.15) is 24.2 Å². The first-order chi connectivity index (χ1) is 11.7. The van der Waals surface area contributed by atoms with E-state index in [4.69, 9.17) is 9.47 Å². The molecule has 0 aliphatic carbocycles. The van der Waals surface area contributed by atoms with Gasteiger partial charge in [0.2, 0.25) is 5.91 Å². The second kappa shape index (κ2) is 7.49. The number of ether oxygens (including phenoxy) is 2. The molecule has 0 bridgehead atoms. The maximum Gasteiger partial charge on any atom is 0.227 e. The summed E-state index contributed by atoms with van der Waals surface area (Å²) in [4.78, 5) is 14.6. The van der Waals surface area contributed by atoms with Crippen LogP contribution in [0.5, 0.6) is 5.75 Å². The predicted molar refractivity (Wildman–Crippen MR) is 93.0 cm³/mol. The first-order valence-electron chi connectivity index (χ1n) is 8.27. The molecule has 4 heteroatoms. The zero-order valence-corrected chi connectivity index (χ0v) is 14.1. The van der Waals surface area contributed by atoms with Crippen LogP contribution in [0.15, 0.2) is 54.6 Å². The molecule has 126 valence electrons. The Balaban J connectivity index is 1.69. The van der Waals surface area contributed by atoms with E-state index in [1.807, 2.05) is 66.4 Å². The van der Waals surface area contributed by atoms with Crippen LogP contribution in [0.3, 0.4) is 0 Å². The molecule has 2 atom stereocenters. The Labute approximate surface area is 143 Å². The van der Waals surface area contributed by atoms with Gasteiger partial charge in [-0.25, -0.2) is 0 Å². The maximum absolute atomic E-state index is 12.7. The molecule has 0 unspecified atom stereocenters. The van der Waals surface area contributed by atoms with Crippen molar-refractivity contribution in [2.45, 2.75) is 25.6 Å². The topological polar surface area (TPSA) is 38.8 Å². The lowest BCUT2D eigenvalue weighted by atomic mass is 10.1. The number of amides is 1. The highest BCUT2D eigenvalue weighted by molar-refractivity contribution is 5.79. The zero-order chi connectivity index (χ0) is 16.9. The minimum Gasteiger partial charge on any atom is -0.497 e. The molecule has 0 spiro atoms. The molecule has 24 heavy (non-hydrogen) atoms. The third-order valence-corrected chi connectivity index (χ3v) is 4.27. The second-order valence-corrected chi connectivity index (χ2v) is 6.17. The average molecular weight is 325 g/mol. The molecule has 1 saturated heterocycles. The van der Waals surface area contributed by atoms with E-state index in [2.05, 4.69) is 0 Å². The van der Waals surface area contributed by atoms with Crippen molar-refractivity contribution in [1.82, 2.24) is 4.90 Å². The number of rotatable bonds is 4. The normalized spacial score (nSPS) is 20.7. The van der Waals surface area contributed by atoms with Gasteiger partial charge in [0.25, 0.3) is 0 Å². The molecule has 4 nitrogen and oxygen atoms in total. The molecule has 1 aliphatic heterocycles. The molecule has 1 amide bonds. The number of hydrogen-bond acceptors (Lipinski definition) is 3. The number of benzene rings is 2. The lowest BCUT2D eigenvalue weighted by Crippen LogP contribution is -2.46. The fourth-order valence-electron chi connectivity index (χ4n) is 3.08. The highest BCUT2D eigenvalue weighted by Gasteiger charge is 2.29. The highest BCUT2D eigenvalue weighted by atomic mass is 16.5. The second-order valence-electron chi connectivity index (χ2n) is 6.17. The number of hydrogen-bond donors (Lipinski definition) is 0. The first-order valence-corrected chi connectivity index (χ1v) is 8.27. The molecule has 1 aliphatic rings. The summed E-state index contributed by atoms with van der Waals surface area (Å²) in [6.07, 6.45) is 0.341. The van der Waals surface area contributed by atoms with Gasteiger partial charge >= 0.3 is 0 Å². The van der Waals surface area contributed by atoms with Gasteiger partial charge in [-0.2, -0.15) is 0 Å². The summed E-state index contributed by atoms with van der Waals surface area (Å²) in [7, 11) is 1.63. The lowest BCUT2D eigenvalue weighted by molar-refractivity contribution is -0.144. The van der Waals surface area contributed by atoms with Gasteiger partial charge in [-0.1, -0.05) is 42.5 Å². The fourth-order valence-corrected chi connectivity index (χ4v) is 3.08. The summed E-state index contributed by atoms with van der Waals surface area (Å²) in [6.45, 7) is 3.24. The number of carbonyl (C=O) groups is 1. The third-order valence-electron chi connectivity index (χ3n) is 4.27. The van der Waals surface area contributed by atoms with Crippen LogP contribution in [-0.2, 0) is 16.0 Å². The number of nitrogens with zero attached hydrogens (tertiary/aromatic N) is 1. The van der Waals surface area contributed by atoms with Crippen LogP contribution in [-0.4, -0.2) is 37.1 Å². The summed E-state index contributed by atoms with van der Waals surface area (Å²) in [6, 6.07) is 17.8. The fraction of sp³-hybridized carbons (Fsp3) is 0.350. The van der Waals surface area contributed by atoms with Crippen molar-refractivity contribution >= 4 is 5.91 Å². The molecule has 1 heterocycles. The number of methoxy groups -OCH3 is 1. The van der Waals surface area contributed by atoms with Crippen LogP contribution in [0, 0.1) is 0 Å². The van der Waals surface area contributed by atoms with E-state index in [0.29, 0.717) is 19.5 Å². The maximum atomic E-state index is 12.7. The van der Waals surface area contributed by atoms with Crippen molar-refractivity contribution in [2.75, 3.05) is 20.2 Å². The summed E-state index contributed by atoms with van der Waals surface area (Å²) in [5.74, 6) is 0.900. The Morgan fingerprint density at radius 2 is 1.96 bits per heavy atom. The van der Waals surface area contributed by atoms with Crippen LogP contribution >= 0.6 is 0 Å². The largest absolute Gasteiger partial charge is 0.497 e. The van der Waals surface area contributed by atoms with Crippen LogP contribution in [0.25, 0.3) is 0 Å². The molecule has 2 aromatic rings. The van der Waals surface area contributed by atoms with E-state index in [0.717, 1.165) is 16.9 Å². The van der Waals surface area contributed by atoms with Gasteiger partial charge in [-0.15, -0.1) is 0 Å². The number of carbonyl (C=O) groups excluding carboxylic acids is 1. The summed E-state index contributed by atoms with van der Waals surface area (Å²) in [5, 5.41) is 0. The van der Waals surface area contributed by atoms with Crippen molar-refractivity contribution in [2.24, 2.45) is 0 Å². The Bertz CT molecular complexity index is 686. The van der Waals surface area contributed by atoms with Gasteiger partial charge in [0.05, 0.1) is 26.2 Å². The van der Waals surface area contributed by atoms with Crippen molar-refractivity contribution in [3.8, 4) is 5.75 Å². The smallest absolute Gasteiger partial charge is 0.227 e. The molecule has 0 aromatic heterocycles. The molecule has 1 fully saturated rings.